The summed E-state index contributed by atoms with van der Waals surface area (Å²) in [5.74, 6) is 1.16. The minimum atomic E-state index is 0.385. The Hall–Kier alpha value is -1.25. The third-order valence-electron chi connectivity index (χ3n) is 5.03. The molecular weight excluding hydrogens is 246 g/mol. The third-order valence-corrected chi connectivity index (χ3v) is 5.03. The first kappa shape index (κ1) is 13.7. The zero-order chi connectivity index (χ0) is 14.0. The molecule has 0 spiro atoms. The lowest BCUT2D eigenvalue weighted by molar-refractivity contribution is 0.217. The van der Waals surface area contributed by atoms with Crippen LogP contribution in [-0.4, -0.2) is 24.1 Å². The molecule has 0 amide bonds. The second-order valence-electron chi connectivity index (χ2n) is 7.00. The highest BCUT2D eigenvalue weighted by atomic mass is 15.2. The Kier molecular flexibility index (Phi) is 3.86. The molecule has 1 unspecified atom stereocenters. The second kappa shape index (κ2) is 5.63. The summed E-state index contributed by atoms with van der Waals surface area (Å²) in [5, 5.41) is 3.81. The van der Waals surface area contributed by atoms with E-state index in [1.54, 1.807) is 0 Å². The first-order chi connectivity index (χ1) is 9.67. The molecule has 1 N–H and O–H groups in total. The van der Waals surface area contributed by atoms with Crippen LogP contribution >= 0.6 is 0 Å². The van der Waals surface area contributed by atoms with Gasteiger partial charge in [-0.25, -0.2) is 4.98 Å². The number of nitrogens with zero attached hydrogens (tertiary/aromatic N) is 2. The van der Waals surface area contributed by atoms with Gasteiger partial charge in [-0.1, -0.05) is 26.7 Å². The summed E-state index contributed by atoms with van der Waals surface area (Å²) in [6.07, 6.45) is 9.84. The molecular formula is C17H27N3. The highest BCUT2D eigenvalue weighted by molar-refractivity contribution is 5.66. The van der Waals surface area contributed by atoms with Crippen molar-refractivity contribution in [2.24, 2.45) is 5.41 Å². The Bertz CT molecular complexity index is 449. The number of pyridine rings is 1. The van der Waals surface area contributed by atoms with Crippen LogP contribution in [0.2, 0.25) is 0 Å². The monoisotopic (exact) mass is 273 g/mol. The summed E-state index contributed by atoms with van der Waals surface area (Å²) in [7, 11) is 0. The van der Waals surface area contributed by atoms with Crippen LogP contribution in [0.4, 0.5) is 11.5 Å². The maximum absolute atomic E-state index is 4.64. The van der Waals surface area contributed by atoms with E-state index in [1.165, 1.54) is 44.2 Å². The summed E-state index contributed by atoms with van der Waals surface area (Å²) in [4.78, 5) is 7.07. The topological polar surface area (TPSA) is 28.2 Å². The zero-order valence-electron chi connectivity index (χ0n) is 12.9. The number of hydrogen-bond acceptors (Lipinski definition) is 3. The van der Waals surface area contributed by atoms with Crippen molar-refractivity contribution in [3.05, 3.63) is 18.3 Å². The molecule has 3 rings (SSSR count). The summed E-state index contributed by atoms with van der Waals surface area (Å²) in [6.45, 7) is 7.10. The van der Waals surface area contributed by atoms with Gasteiger partial charge in [-0.2, -0.15) is 0 Å². The molecule has 3 nitrogen and oxygen atoms in total. The molecule has 1 aliphatic heterocycles. The van der Waals surface area contributed by atoms with Crippen molar-refractivity contribution in [3.8, 4) is 0 Å². The molecule has 110 valence electrons. The van der Waals surface area contributed by atoms with Gasteiger partial charge in [0.1, 0.15) is 0 Å². The quantitative estimate of drug-likeness (QED) is 0.900. The minimum Gasteiger partial charge on any atom is -0.379 e. The molecule has 2 aliphatic rings. The van der Waals surface area contributed by atoms with Gasteiger partial charge in [0.25, 0.3) is 0 Å². The van der Waals surface area contributed by atoms with Gasteiger partial charge in [-0.15, -0.1) is 0 Å². The molecule has 1 saturated carbocycles. The predicted molar refractivity (Wildman–Crippen MR) is 85.3 cm³/mol. The van der Waals surface area contributed by atoms with Crippen molar-refractivity contribution in [3.63, 3.8) is 0 Å². The molecule has 1 aromatic heterocycles. The Labute approximate surface area is 122 Å². The van der Waals surface area contributed by atoms with Gasteiger partial charge in [0.15, 0.2) is 5.82 Å². The number of anilines is 2. The summed E-state index contributed by atoms with van der Waals surface area (Å²) in [5.41, 5.74) is 1.62. The Balaban J connectivity index is 1.79. The van der Waals surface area contributed by atoms with E-state index < -0.39 is 0 Å². The maximum Gasteiger partial charge on any atom is 0.151 e. The molecule has 0 bridgehead atoms. The normalized spacial score (nSPS) is 25.7. The highest BCUT2D eigenvalue weighted by Crippen LogP contribution is 2.38. The van der Waals surface area contributed by atoms with Gasteiger partial charge in [0, 0.05) is 25.3 Å². The van der Waals surface area contributed by atoms with Crippen LogP contribution in [0, 0.1) is 5.41 Å². The number of rotatable bonds is 3. The molecule has 0 aromatic carbocycles. The van der Waals surface area contributed by atoms with E-state index in [1.807, 2.05) is 6.20 Å². The predicted octanol–water partition coefficient (Wildman–Crippen LogP) is 4.06. The van der Waals surface area contributed by atoms with E-state index >= 15 is 0 Å². The number of hydrogen-bond donors (Lipinski definition) is 1. The average molecular weight is 273 g/mol. The lowest BCUT2D eigenvalue weighted by atomic mass is 9.73. The van der Waals surface area contributed by atoms with Crippen molar-refractivity contribution >= 4 is 11.5 Å². The van der Waals surface area contributed by atoms with E-state index in [4.69, 9.17) is 0 Å². The van der Waals surface area contributed by atoms with Crippen LogP contribution in [0.25, 0.3) is 0 Å². The molecule has 20 heavy (non-hydrogen) atoms. The lowest BCUT2D eigenvalue weighted by Crippen LogP contribution is -2.39. The Morgan fingerprint density at radius 2 is 2.00 bits per heavy atom. The first-order valence-corrected chi connectivity index (χ1v) is 8.13. The third kappa shape index (κ3) is 2.77. The fraction of sp³-hybridized carbons (Fsp3) is 0.706. The van der Waals surface area contributed by atoms with Crippen LogP contribution < -0.4 is 10.2 Å². The van der Waals surface area contributed by atoms with Crippen molar-refractivity contribution < 1.29 is 0 Å². The Morgan fingerprint density at radius 3 is 2.75 bits per heavy atom. The average Bonchev–Trinajstić information content (AvgIpc) is 2.95. The molecule has 1 aliphatic carbocycles. The fourth-order valence-electron chi connectivity index (χ4n) is 3.64. The highest BCUT2D eigenvalue weighted by Gasteiger charge is 2.32. The molecule has 3 heteroatoms. The van der Waals surface area contributed by atoms with Gasteiger partial charge < -0.3 is 10.2 Å². The zero-order valence-corrected chi connectivity index (χ0v) is 12.9. The van der Waals surface area contributed by atoms with Gasteiger partial charge in [0.2, 0.25) is 0 Å². The lowest BCUT2D eigenvalue weighted by Gasteiger charge is -2.40. The fourth-order valence-corrected chi connectivity index (χ4v) is 3.64. The maximum atomic E-state index is 4.64. The summed E-state index contributed by atoms with van der Waals surface area (Å²) < 4.78 is 0. The van der Waals surface area contributed by atoms with Gasteiger partial charge in [0.05, 0.1) is 5.69 Å². The molecule has 2 heterocycles. The SMILES string of the molecule is CC1(C)CCCCC1Nc1cccnc1N1CCCC1. The van der Waals surface area contributed by atoms with Crippen molar-refractivity contribution in [1.29, 1.82) is 0 Å². The molecule has 1 saturated heterocycles. The number of aromatic nitrogens is 1. The Morgan fingerprint density at radius 1 is 1.20 bits per heavy atom. The van der Waals surface area contributed by atoms with E-state index in [2.05, 4.69) is 41.2 Å². The van der Waals surface area contributed by atoms with E-state index in [0.29, 0.717) is 11.5 Å². The van der Waals surface area contributed by atoms with E-state index in [0.717, 1.165) is 18.9 Å². The smallest absolute Gasteiger partial charge is 0.151 e. The molecule has 0 radical (unpaired) electrons. The van der Waals surface area contributed by atoms with Gasteiger partial charge >= 0.3 is 0 Å². The van der Waals surface area contributed by atoms with Crippen molar-refractivity contribution in [2.45, 2.75) is 58.4 Å². The standard InChI is InChI=1S/C17H27N3/c1-17(2)10-4-3-9-15(17)19-14-8-7-11-18-16(14)20-12-5-6-13-20/h7-8,11,15,19H,3-6,9-10,12-13H2,1-2H3. The van der Waals surface area contributed by atoms with Crippen molar-refractivity contribution in [1.82, 2.24) is 4.98 Å². The van der Waals surface area contributed by atoms with E-state index in [-0.39, 0.29) is 0 Å². The van der Waals surface area contributed by atoms with Crippen LogP contribution in [0.3, 0.4) is 0 Å². The molecule has 1 aromatic rings. The number of nitrogens with one attached hydrogen (secondary N) is 1. The molecule has 2 fully saturated rings. The van der Waals surface area contributed by atoms with Crippen LogP contribution in [0.1, 0.15) is 52.4 Å². The van der Waals surface area contributed by atoms with Gasteiger partial charge in [-0.3, -0.25) is 0 Å². The first-order valence-electron chi connectivity index (χ1n) is 8.13. The van der Waals surface area contributed by atoms with Crippen molar-refractivity contribution in [2.75, 3.05) is 23.3 Å². The minimum absolute atomic E-state index is 0.385. The summed E-state index contributed by atoms with van der Waals surface area (Å²) in [6, 6.07) is 4.82. The van der Waals surface area contributed by atoms with Crippen LogP contribution in [0.5, 0.6) is 0 Å². The van der Waals surface area contributed by atoms with E-state index in [9.17, 15) is 0 Å². The molecule has 1 atom stereocenters. The van der Waals surface area contributed by atoms with Gasteiger partial charge in [-0.05, 0) is 43.2 Å². The van der Waals surface area contributed by atoms with Crippen LogP contribution in [0.15, 0.2) is 18.3 Å². The second-order valence-corrected chi connectivity index (χ2v) is 7.00. The van der Waals surface area contributed by atoms with Crippen LogP contribution in [-0.2, 0) is 0 Å². The summed E-state index contributed by atoms with van der Waals surface area (Å²) >= 11 is 0. The largest absolute Gasteiger partial charge is 0.379 e.